The van der Waals surface area contributed by atoms with Gasteiger partial charge in [0.05, 0.1) is 10.6 Å². The molecular weight excluding hydrogens is 391 g/mol. The largest absolute Gasteiger partial charge is 0.508 e. The molecule has 0 saturated carbocycles. The molecule has 0 fully saturated rings. The monoisotopic (exact) mass is 404 g/mol. The summed E-state index contributed by atoms with van der Waals surface area (Å²) in [6.07, 6.45) is 2.75. The van der Waals surface area contributed by atoms with Crippen LogP contribution in [-0.2, 0) is 6.61 Å². The Labute approximate surface area is 165 Å². The van der Waals surface area contributed by atoms with E-state index in [0.717, 1.165) is 6.07 Å². The van der Waals surface area contributed by atoms with Crippen molar-refractivity contribution in [2.75, 3.05) is 0 Å². The van der Waals surface area contributed by atoms with Crippen LogP contribution in [0, 0.1) is 0 Å². The summed E-state index contributed by atoms with van der Waals surface area (Å²) in [5.74, 6) is 0.632. The second-order valence-corrected chi connectivity index (χ2v) is 6.41. The molecule has 2 N–H and O–H groups in total. The first kappa shape index (κ1) is 18.9. The van der Waals surface area contributed by atoms with Gasteiger partial charge in [0.1, 0.15) is 35.4 Å². The number of hydrogen-bond donors (Lipinski definition) is 2. The molecule has 0 atom stereocenters. The van der Waals surface area contributed by atoms with Crippen molar-refractivity contribution in [2.45, 2.75) is 6.61 Å². The van der Waals surface area contributed by atoms with Crippen LogP contribution in [0.3, 0.4) is 0 Å². The Morgan fingerprint density at radius 1 is 1.07 bits per heavy atom. The highest BCUT2D eigenvalue weighted by atomic mass is 35.5. The third kappa shape index (κ3) is 4.84. The Balaban J connectivity index is 1.63. The molecule has 2 aromatic carbocycles. The molecular formula is C20H14Cl2O5. The van der Waals surface area contributed by atoms with Crippen molar-refractivity contribution in [3.63, 3.8) is 0 Å². The minimum Gasteiger partial charge on any atom is -0.508 e. The van der Waals surface area contributed by atoms with Gasteiger partial charge in [-0.3, -0.25) is 4.79 Å². The lowest BCUT2D eigenvalue weighted by molar-refractivity contribution is 0.104. The third-order valence-electron chi connectivity index (χ3n) is 3.59. The molecule has 0 aliphatic carbocycles. The van der Waals surface area contributed by atoms with Crippen molar-refractivity contribution in [2.24, 2.45) is 0 Å². The zero-order valence-electron chi connectivity index (χ0n) is 13.9. The number of phenolic OH excluding ortho intramolecular Hbond substituents is 2. The maximum Gasteiger partial charge on any atom is 0.189 e. The number of aromatic hydroxyl groups is 2. The van der Waals surface area contributed by atoms with Crippen molar-refractivity contribution < 1.29 is 24.2 Å². The maximum absolute atomic E-state index is 12.1. The first-order valence-corrected chi connectivity index (χ1v) is 8.59. The van der Waals surface area contributed by atoms with Crippen molar-refractivity contribution in [3.05, 3.63) is 81.7 Å². The molecule has 0 unspecified atom stereocenters. The number of furan rings is 1. The van der Waals surface area contributed by atoms with E-state index in [4.69, 9.17) is 32.4 Å². The van der Waals surface area contributed by atoms with Crippen LogP contribution in [0.5, 0.6) is 17.2 Å². The molecule has 3 rings (SSSR count). The van der Waals surface area contributed by atoms with Crippen LogP contribution in [-0.4, -0.2) is 16.0 Å². The number of carbonyl (C=O) groups excluding carboxylic acids is 1. The molecule has 0 radical (unpaired) electrons. The molecule has 0 aliphatic heterocycles. The van der Waals surface area contributed by atoms with Crippen LogP contribution in [0.2, 0.25) is 10.0 Å². The molecule has 3 aromatic rings. The number of ether oxygens (including phenoxy) is 1. The minimum atomic E-state index is -0.422. The second-order valence-electron chi connectivity index (χ2n) is 5.57. The smallest absolute Gasteiger partial charge is 0.189 e. The summed E-state index contributed by atoms with van der Waals surface area (Å²) in [5, 5.41) is 19.9. The number of hydrogen-bond acceptors (Lipinski definition) is 5. The normalized spacial score (nSPS) is 11.0. The quantitative estimate of drug-likeness (QED) is 0.420. The molecule has 1 aromatic heterocycles. The molecule has 7 heteroatoms. The number of halogens is 2. The van der Waals surface area contributed by atoms with Gasteiger partial charge in [-0.25, -0.2) is 0 Å². The van der Waals surface area contributed by atoms with Gasteiger partial charge in [0.25, 0.3) is 0 Å². The topological polar surface area (TPSA) is 79.9 Å². The standard InChI is InChI=1S/C20H14Cl2O5/c21-12-1-8-20(17(22)9-12)26-11-15-4-3-14(27-15)5-7-18(24)16-6-2-13(23)10-19(16)25/h1-10,23,25H,11H2/b7-5+. The predicted octanol–water partition coefficient (Wildman–Crippen LogP) is 5.47. The van der Waals surface area contributed by atoms with E-state index in [2.05, 4.69) is 0 Å². The fourth-order valence-electron chi connectivity index (χ4n) is 2.28. The first-order valence-electron chi connectivity index (χ1n) is 7.83. The van der Waals surface area contributed by atoms with Crippen molar-refractivity contribution >= 4 is 35.1 Å². The van der Waals surface area contributed by atoms with Crippen molar-refractivity contribution in [1.82, 2.24) is 0 Å². The lowest BCUT2D eigenvalue weighted by Gasteiger charge is -2.06. The van der Waals surface area contributed by atoms with Crippen LogP contribution < -0.4 is 4.74 Å². The lowest BCUT2D eigenvalue weighted by atomic mass is 10.1. The van der Waals surface area contributed by atoms with Crippen molar-refractivity contribution in [3.8, 4) is 17.2 Å². The number of ketones is 1. The van der Waals surface area contributed by atoms with Gasteiger partial charge in [0.2, 0.25) is 0 Å². The number of phenols is 2. The molecule has 27 heavy (non-hydrogen) atoms. The Kier molecular flexibility index (Phi) is 5.74. The summed E-state index contributed by atoms with van der Waals surface area (Å²) in [4.78, 5) is 12.1. The highest BCUT2D eigenvalue weighted by Gasteiger charge is 2.09. The van der Waals surface area contributed by atoms with Gasteiger partial charge in [0.15, 0.2) is 5.78 Å². The molecule has 0 amide bonds. The van der Waals surface area contributed by atoms with Gasteiger partial charge in [0, 0.05) is 11.1 Å². The summed E-state index contributed by atoms with van der Waals surface area (Å²) < 4.78 is 11.1. The Hall–Kier alpha value is -2.89. The van der Waals surface area contributed by atoms with Crippen LogP contribution in [0.15, 0.2) is 59.0 Å². The zero-order chi connectivity index (χ0) is 19.4. The highest BCUT2D eigenvalue weighted by molar-refractivity contribution is 6.35. The van der Waals surface area contributed by atoms with E-state index in [1.54, 1.807) is 30.3 Å². The van der Waals surface area contributed by atoms with Gasteiger partial charge in [-0.2, -0.15) is 0 Å². The lowest BCUT2D eigenvalue weighted by Crippen LogP contribution is -1.94. The van der Waals surface area contributed by atoms with Gasteiger partial charge in [-0.15, -0.1) is 0 Å². The molecule has 138 valence electrons. The van der Waals surface area contributed by atoms with Gasteiger partial charge in [-0.05, 0) is 54.6 Å². The molecule has 1 heterocycles. The number of rotatable bonds is 6. The van der Waals surface area contributed by atoms with Crippen LogP contribution >= 0.6 is 23.2 Å². The van der Waals surface area contributed by atoms with Crippen molar-refractivity contribution in [1.29, 1.82) is 0 Å². The van der Waals surface area contributed by atoms with E-state index in [0.29, 0.717) is 27.3 Å². The number of carbonyl (C=O) groups is 1. The van der Waals surface area contributed by atoms with E-state index in [1.807, 2.05) is 0 Å². The minimum absolute atomic E-state index is 0.0801. The summed E-state index contributed by atoms with van der Waals surface area (Å²) in [6, 6.07) is 12.1. The van der Waals surface area contributed by atoms with E-state index in [1.165, 1.54) is 24.3 Å². The van der Waals surface area contributed by atoms with E-state index < -0.39 is 5.78 Å². The average molecular weight is 405 g/mol. The predicted molar refractivity (Wildman–Crippen MR) is 103 cm³/mol. The zero-order valence-corrected chi connectivity index (χ0v) is 15.4. The fourth-order valence-corrected chi connectivity index (χ4v) is 2.74. The second kappa shape index (κ2) is 8.20. The SMILES string of the molecule is O=C(/C=C/c1ccc(COc2ccc(Cl)cc2Cl)o1)c1ccc(O)cc1O. The van der Waals surface area contributed by atoms with Gasteiger partial charge >= 0.3 is 0 Å². The molecule has 0 bridgehead atoms. The highest BCUT2D eigenvalue weighted by Crippen LogP contribution is 2.28. The van der Waals surface area contributed by atoms with E-state index >= 15 is 0 Å². The van der Waals surface area contributed by atoms with E-state index in [9.17, 15) is 15.0 Å². The molecule has 0 aliphatic rings. The van der Waals surface area contributed by atoms with E-state index in [-0.39, 0.29) is 23.7 Å². The summed E-state index contributed by atoms with van der Waals surface area (Å²) >= 11 is 11.9. The Morgan fingerprint density at radius 3 is 2.63 bits per heavy atom. The average Bonchev–Trinajstić information content (AvgIpc) is 3.07. The van der Waals surface area contributed by atoms with Gasteiger partial charge < -0.3 is 19.4 Å². The summed E-state index contributed by atoms with van der Waals surface area (Å²) in [7, 11) is 0. The number of allylic oxidation sites excluding steroid dienone is 1. The Morgan fingerprint density at radius 2 is 1.89 bits per heavy atom. The Bertz CT molecular complexity index is 1010. The molecule has 5 nitrogen and oxygen atoms in total. The molecule has 0 spiro atoms. The third-order valence-corrected chi connectivity index (χ3v) is 4.12. The van der Waals surface area contributed by atoms with Gasteiger partial charge in [-0.1, -0.05) is 23.2 Å². The summed E-state index contributed by atoms with van der Waals surface area (Å²) in [5.41, 5.74) is 0.0801. The van der Waals surface area contributed by atoms with Crippen LogP contribution in [0.25, 0.3) is 6.08 Å². The summed E-state index contributed by atoms with van der Waals surface area (Å²) in [6.45, 7) is 0.155. The molecule has 0 saturated heterocycles. The van der Waals surface area contributed by atoms with Crippen LogP contribution in [0.4, 0.5) is 0 Å². The maximum atomic E-state index is 12.1. The number of benzene rings is 2. The van der Waals surface area contributed by atoms with Crippen LogP contribution in [0.1, 0.15) is 21.9 Å². The fraction of sp³-hybridized carbons (Fsp3) is 0.0500. The first-order chi connectivity index (χ1) is 12.9.